The van der Waals surface area contributed by atoms with Gasteiger partial charge in [0.25, 0.3) is 0 Å². The Bertz CT molecular complexity index is 1380. The molecule has 5 aromatic rings. The molecule has 0 saturated carbocycles. The lowest BCUT2D eigenvalue weighted by atomic mass is 10.1. The summed E-state index contributed by atoms with van der Waals surface area (Å²) in [5.41, 5.74) is 6.07. The molecule has 6 rings (SSSR count). The minimum absolute atomic E-state index is 0.127. The fourth-order valence-electron chi connectivity index (χ4n) is 4.14. The summed E-state index contributed by atoms with van der Waals surface area (Å²) in [6.07, 6.45) is 5.29. The van der Waals surface area contributed by atoms with Gasteiger partial charge in [-0.3, -0.25) is 0 Å². The maximum absolute atomic E-state index is 10.5. The standard InChI is InChI=1S/C22H18N6OS/c29-18-8-14-3-1-2-4-15(14)20(18)27-22-26-16-6-5-13(7-19(16)30-22)10-28-12-25-17-9-23-11-24-21(17)28/h1-7,9,11-12,18,20,29H,8,10H2,(H,26,27)/t18-,20-/m1/s1. The maximum Gasteiger partial charge on any atom is 0.184 e. The number of nitrogens with one attached hydrogen (secondary N) is 1. The third kappa shape index (κ3) is 2.92. The molecule has 0 radical (unpaired) electrons. The van der Waals surface area contributed by atoms with E-state index in [4.69, 9.17) is 4.98 Å². The fourth-order valence-corrected chi connectivity index (χ4v) is 5.10. The van der Waals surface area contributed by atoms with Crippen molar-refractivity contribution in [2.24, 2.45) is 0 Å². The van der Waals surface area contributed by atoms with Gasteiger partial charge in [-0.1, -0.05) is 41.7 Å². The van der Waals surface area contributed by atoms with Gasteiger partial charge in [-0.15, -0.1) is 0 Å². The van der Waals surface area contributed by atoms with E-state index in [-0.39, 0.29) is 6.04 Å². The lowest BCUT2D eigenvalue weighted by molar-refractivity contribution is 0.166. The number of anilines is 1. The van der Waals surface area contributed by atoms with Crippen LogP contribution in [0, 0.1) is 0 Å². The molecule has 3 heterocycles. The first-order chi connectivity index (χ1) is 14.7. The number of hydrogen-bond acceptors (Lipinski definition) is 7. The van der Waals surface area contributed by atoms with Crippen molar-refractivity contribution in [3.63, 3.8) is 0 Å². The molecule has 148 valence electrons. The van der Waals surface area contributed by atoms with Crippen LogP contribution in [-0.2, 0) is 13.0 Å². The van der Waals surface area contributed by atoms with Crippen LogP contribution in [0.25, 0.3) is 21.4 Å². The highest BCUT2D eigenvalue weighted by Gasteiger charge is 2.31. The average molecular weight is 414 g/mol. The first-order valence-electron chi connectivity index (χ1n) is 9.77. The summed E-state index contributed by atoms with van der Waals surface area (Å²) in [7, 11) is 0. The van der Waals surface area contributed by atoms with Gasteiger partial charge in [0.1, 0.15) is 11.8 Å². The molecule has 2 N–H and O–H groups in total. The lowest BCUT2D eigenvalue weighted by Gasteiger charge is -2.16. The van der Waals surface area contributed by atoms with Crippen LogP contribution in [0.5, 0.6) is 0 Å². The summed E-state index contributed by atoms with van der Waals surface area (Å²) in [6, 6.07) is 14.3. The van der Waals surface area contributed by atoms with E-state index in [1.807, 2.05) is 22.8 Å². The topological polar surface area (TPSA) is 88.8 Å². The van der Waals surface area contributed by atoms with Gasteiger partial charge in [0.15, 0.2) is 10.8 Å². The highest BCUT2D eigenvalue weighted by Crippen LogP contribution is 2.36. The molecule has 1 aliphatic rings. The fraction of sp³-hybridized carbons (Fsp3) is 0.182. The second kappa shape index (κ2) is 6.86. The molecule has 2 aromatic carbocycles. The first kappa shape index (κ1) is 17.5. The van der Waals surface area contributed by atoms with Crippen LogP contribution in [0.2, 0.25) is 0 Å². The lowest BCUT2D eigenvalue weighted by Crippen LogP contribution is -2.20. The number of aromatic nitrogens is 5. The zero-order valence-corrected chi connectivity index (χ0v) is 16.8. The summed E-state index contributed by atoms with van der Waals surface area (Å²) in [6.45, 7) is 0.679. The van der Waals surface area contributed by atoms with Crippen LogP contribution in [0.1, 0.15) is 22.7 Å². The molecule has 0 unspecified atom stereocenters. The molecule has 0 aliphatic heterocycles. The van der Waals surface area contributed by atoms with E-state index in [1.54, 1.807) is 30.2 Å². The van der Waals surface area contributed by atoms with Gasteiger partial charge in [-0.25, -0.2) is 19.9 Å². The SMILES string of the molecule is O[C@@H]1Cc2ccccc2[C@H]1Nc1nc2ccc(Cn3cnc4cncnc43)cc2s1. The third-order valence-corrected chi connectivity index (χ3v) is 6.52. The molecule has 0 saturated heterocycles. The van der Waals surface area contributed by atoms with Crippen molar-refractivity contribution in [2.45, 2.75) is 25.1 Å². The number of fused-ring (bicyclic) bond motifs is 3. The minimum atomic E-state index is -0.443. The van der Waals surface area contributed by atoms with Crippen LogP contribution in [-0.4, -0.2) is 35.7 Å². The molecule has 30 heavy (non-hydrogen) atoms. The molecule has 0 bridgehead atoms. The molecule has 7 nitrogen and oxygen atoms in total. The van der Waals surface area contributed by atoms with E-state index in [0.717, 1.165) is 37.6 Å². The van der Waals surface area contributed by atoms with Crippen molar-refractivity contribution in [3.8, 4) is 0 Å². The van der Waals surface area contributed by atoms with Gasteiger partial charge in [0.2, 0.25) is 0 Å². The average Bonchev–Trinajstić information content (AvgIpc) is 3.44. The van der Waals surface area contributed by atoms with E-state index < -0.39 is 6.10 Å². The number of nitrogens with zero attached hydrogens (tertiary/aromatic N) is 5. The van der Waals surface area contributed by atoms with E-state index in [9.17, 15) is 5.11 Å². The zero-order valence-electron chi connectivity index (χ0n) is 15.9. The Kier molecular flexibility index (Phi) is 4.00. The third-order valence-electron chi connectivity index (χ3n) is 5.57. The number of aliphatic hydroxyl groups is 1. The maximum atomic E-state index is 10.5. The second-order valence-electron chi connectivity index (χ2n) is 7.52. The molecule has 3 aromatic heterocycles. The van der Waals surface area contributed by atoms with Crippen molar-refractivity contribution in [2.75, 3.05) is 5.32 Å². The summed E-state index contributed by atoms with van der Waals surface area (Å²) >= 11 is 1.61. The summed E-state index contributed by atoms with van der Waals surface area (Å²) in [4.78, 5) is 17.4. The molecule has 2 atom stereocenters. The molecular formula is C22H18N6OS. The number of rotatable bonds is 4. The molecule has 0 fully saturated rings. The molecule has 1 aliphatic carbocycles. The van der Waals surface area contributed by atoms with Crippen molar-refractivity contribution >= 4 is 37.8 Å². The number of aliphatic hydroxyl groups excluding tert-OH is 1. The number of thiazole rings is 1. The predicted octanol–water partition coefficient (Wildman–Crippen LogP) is 3.55. The molecule has 0 amide bonds. The van der Waals surface area contributed by atoms with Gasteiger partial charge in [-0.2, -0.15) is 0 Å². The van der Waals surface area contributed by atoms with Gasteiger partial charge in [0, 0.05) is 6.42 Å². The van der Waals surface area contributed by atoms with Gasteiger partial charge in [0.05, 0.1) is 41.4 Å². The smallest absolute Gasteiger partial charge is 0.184 e. The van der Waals surface area contributed by atoms with Crippen molar-refractivity contribution in [1.82, 2.24) is 24.5 Å². The van der Waals surface area contributed by atoms with Gasteiger partial charge in [-0.05, 0) is 28.8 Å². The molecular weight excluding hydrogens is 396 g/mol. The Labute approximate surface area is 176 Å². The number of hydrogen-bond donors (Lipinski definition) is 2. The Balaban J connectivity index is 1.28. The normalized spacial score (nSPS) is 18.2. The minimum Gasteiger partial charge on any atom is -0.390 e. The monoisotopic (exact) mass is 414 g/mol. The quantitative estimate of drug-likeness (QED) is 0.468. The van der Waals surface area contributed by atoms with E-state index >= 15 is 0 Å². The first-order valence-corrected chi connectivity index (χ1v) is 10.6. The molecule has 0 spiro atoms. The highest BCUT2D eigenvalue weighted by atomic mass is 32.1. The van der Waals surface area contributed by atoms with Crippen LogP contribution in [0.3, 0.4) is 0 Å². The second-order valence-corrected chi connectivity index (χ2v) is 8.55. The molecule has 8 heteroatoms. The van der Waals surface area contributed by atoms with Crippen molar-refractivity contribution in [1.29, 1.82) is 0 Å². The van der Waals surface area contributed by atoms with E-state index in [2.05, 4.69) is 44.5 Å². The van der Waals surface area contributed by atoms with Crippen LogP contribution in [0.15, 0.2) is 61.3 Å². The zero-order chi connectivity index (χ0) is 20.1. The summed E-state index contributed by atoms with van der Waals surface area (Å²) < 4.78 is 3.12. The Morgan fingerprint density at radius 3 is 3.03 bits per heavy atom. The van der Waals surface area contributed by atoms with Crippen molar-refractivity contribution < 1.29 is 5.11 Å². The van der Waals surface area contributed by atoms with Crippen LogP contribution >= 0.6 is 11.3 Å². The van der Waals surface area contributed by atoms with E-state index in [0.29, 0.717) is 13.0 Å². The largest absolute Gasteiger partial charge is 0.390 e. The number of benzene rings is 2. The van der Waals surface area contributed by atoms with E-state index in [1.165, 1.54) is 5.56 Å². The number of imidazole rings is 1. The highest BCUT2D eigenvalue weighted by molar-refractivity contribution is 7.22. The summed E-state index contributed by atoms with van der Waals surface area (Å²) in [5, 5.41) is 14.8. The Hall–Kier alpha value is -3.36. The van der Waals surface area contributed by atoms with Crippen LogP contribution < -0.4 is 5.32 Å². The van der Waals surface area contributed by atoms with Crippen molar-refractivity contribution in [3.05, 3.63) is 78.0 Å². The Morgan fingerprint density at radius 2 is 2.07 bits per heavy atom. The van der Waals surface area contributed by atoms with Gasteiger partial charge < -0.3 is 15.0 Å². The summed E-state index contributed by atoms with van der Waals surface area (Å²) in [5.74, 6) is 0. The van der Waals surface area contributed by atoms with Gasteiger partial charge >= 0.3 is 0 Å². The predicted molar refractivity (Wildman–Crippen MR) is 117 cm³/mol. The van der Waals surface area contributed by atoms with Crippen LogP contribution in [0.4, 0.5) is 5.13 Å². The Morgan fingerprint density at radius 1 is 1.13 bits per heavy atom.